The third-order valence-electron chi connectivity index (χ3n) is 5.55. The van der Waals surface area contributed by atoms with E-state index >= 15 is 0 Å². The molecule has 9 heteroatoms. The lowest BCUT2D eigenvalue weighted by Gasteiger charge is -2.27. The zero-order valence-electron chi connectivity index (χ0n) is 19.8. The van der Waals surface area contributed by atoms with E-state index in [-0.39, 0.29) is 24.5 Å². The number of carbonyl (C=O) groups is 2. The fourth-order valence-electron chi connectivity index (χ4n) is 3.68. The van der Waals surface area contributed by atoms with Crippen molar-refractivity contribution < 1.29 is 19.1 Å². The highest BCUT2D eigenvalue weighted by Crippen LogP contribution is 2.33. The molecule has 0 aromatic heterocycles. The van der Waals surface area contributed by atoms with E-state index in [1.807, 2.05) is 43.3 Å². The van der Waals surface area contributed by atoms with Gasteiger partial charge in [0.2, 0.25) is 0 Å². The van der Waals surface area contributed by atoms with Crippen molar-refractivity contribution >= 4 is 29.3 Å². The number of carbonyl (C=O) groups excluding carboxylic acids is 2. The first kappa shape index (κ1) is 25.5. The molecule has 0 saturated heterocycles. The summed E-state index contributed by atoms with van der Waals surface area (Å²) in [6, 6.07) is 14.4. The predicted molar refractivity (Wildman–Crippen MR) is 132 cm³/mol. The van der Waals surface area contributed by atoms with Crippen LogP contribution in [-0.2, 0) is 9.53 Å². The summed E-state index contributed by atoms with van der Waals surface area (Å²) in [6.07, 6.45) is 1.35. The van der Waals surface area contributed by atoms with E-state index in [1.165, 1.54) is 9.91 Å². The molecule has 1 N–H and O–H groups in total. The molecule has 0 fully saturated rings. The molecule has 1 atom stereocenters. The maximum Gasteiger partial charge on any atom is 0.317 e. The third kappa shape index (κ3) is 6.48. The van der Waals surface area contributed by atoms with Crippen LogP contribution in [0.4, 0.5) is 4.79 Å². The van der Waals surface area contributed by atoms with Crippen LogP contribution in [0.3, 0.4) is 0 Å². The molecule has 182 valence electrons. The maximum atomic E-state index is 13.4. The van der Waals surface area contributed by atoms with Crippen LogP contribution >= 0.6 is 11.6 Å². The van der Waals surface area contributed by atoms with Crippen LogP contribution in [0, 0.1) is 0 Å². The van der Waals surface area contributed by atoms with Crippen LogP contribution in [0.2, 0.25) is 5.02 Å². The lowest BCUT2D eigenvalue weighted by Crippen LogP contribution is -2.47. The normalized spacial score (nSPS) is 15.1. The Morgan fingerprint density at radius 1 is 1.15 bits per heavy atom. The third-order valence-corrected chi connectivity index (χ3v) is 5.80. The quantitative estimate of drug-likeness (QED) is 0.548. The fourth-order valence-corrected chi connectivity index (χ4v) is 3.80. The number of benzene rings is 2. The molecular weight excluding hydrogens is 456 g/mol. The van der Waals surface area contributed by atoms with Gasteiger partial charge in [-0.1, -0.05) is 30.7 Å². The smallest absolute Gasteiger partial charge is 0.317 e. The highest BCUT2D eigenvalue weighted by atomic mass is 35.5. The number of nitrogens with one attached hydrogen (secondary N) is 1. The van der Waals surface area contributed by atoms with Crippen molar-refractivity contribution in [3.8, 4) is 5.75 Å². The van der Waals surface area contributed by atoms with E-state index in [0.717, 1.165) is 29.0 Å². The zero-order valence-corrected chi connectivity index (χ0v) is 20.5. The van der Waals surface area contributed by atoms with Gasteiger partial charge < -0.3 is 19.7 Å². The van der Waals surface area contributed by atoms with Crippen LogP contribution in [0.5, 0.6) is 5.75 Å². The van der Waals surface area contributed by atoms with E-state index < -0.39 is 0 Å². The van der Waals surface area contributed by atoms with E-state index in [1.54, 1.807) is 26.4 Å². The minimum Gasteiger partial charge on any atom is -0.497 e. The number of ether oxygens (including phenoxy) is 2. The summed E-state index contributed by atoms with van der Waals surface area (Å²) >= 11 is 6.08. The van der Waals surface area contributed by atoms with Crippen molar-refractivity contribution in [1.82, 2.24) is 15.2 Å². The monoisotopic (exact) mass is 486 g/mol. The lowest BCUT2D eigenvalue weighted by molar-refractivity contribution is -0.133. The summed E-state index contributed by atoms with van der Waals surface area (Å²) < 4.78 is 10.4. The second-order valence-electron chi connectivity index (χ2n) is 7.93. The Labute approximate surface area is 205 Å². The molecule has 1 aliphatic rings. The van der Waals surface area contributed by atoms with Crippen LogP contribution in [0.15, 0.2) is 53.6 Å². The summed E-state index contributed by atoms with van der Waals surface area (Å²) in [6.45, 7) is 3.02. The Hall–Kier alpha value is -3.10. The topological polar surface area (TPSA) is 83.5 Å². The number of nitrogens with zero attached hydrogens (tertiary/aromatic N) is 3. The molecule has 34 heavy (non-hydrogen) atoms. The molecule has 1 heterocycles. The van der Waals surface area contributed by atoms with Crippen LogP contribution < -0.4 is 10.1 Å². The van der Waals surface area contributed by atoms with Gasteiger partial charge in [-0.05, 0) is 53.9 Å². The Morgan fingerprint density at radius 3 is 2.47 bits per heavy atom. The highest BCUT2D eigenvalue weighted by Gasteiger charge is 2.34. The molecule has 0 aliphatic carbocycles. The second kappa shape index (κ2) is 12.4. The van der Waals surface area contributed by atoms with E-state index in [0.29, 0.717) is 31.1 Å². The molecule has 0 unspecified atom stereocenters. The van der Waals surface area contributed by atoms with Crippen molar-refractivity contribution in [3.05, 3.63) is 64.7 Å². The molecule has 2 aromatic rings. The van der Waals surface area contributed by atoms with Crippen molar-refractivity contribution in [3.63, 3.8) is 0 Å². The van der Waals surface area contributed by atoms with Crippen molar-refractivity contribution in [2.75, 3.05) is 40.5 Å². The van der Waals surface area contributed by atoms with E-state index in [9.17, 15) is 9.59 Å². The van der Waals surface area contributed by atoms with Gasteiger partial charge in [-0.3, -0.25) is 4.79 Å². The number of hydrogen-bond donors (Lipinski definition) is 1. The number of halogens is 1. The molecule has 3 amide bonds. The Bertz CT molecular complexity index is 995. The van der Waals surface area contributed by atoms with Gasteiger partial charge in [0.05, 0.1) is 25.5 Å². The van der Waals surface area contributed by atoms with Crippen molar-refractivity contribution in [2.45, 2.75) is 25.8 Å². The fraction of sp³-hybridized carbons (Fsp3) is 0.400. The molecule has 3 rings (SSSR count). The van der Waals surface area contributed by atoms with Crippen LogP contribution in [0.25, 0.3) is 0 Å². The lowest BCUT2D eigenvalue weighted by atomic mass is 9.98. The predicted octanol–water partition coefficient (Wildman–Crippen LogP) is 4.09. The van der Waals surface area contributed by atoms with Gasteiger partial charge in [0.1, 0.15) is 12.3 Å². The first-order valence-electron chi connectivity index (χ1n) is 11.3. The zero-order chi connectivity index (χ0) is 24.5. The first-order valence-corrected chi connectivity index (χ1v) is 11.7. The molecule has 0 radical (unpaired) electrons. The summed E-state index contributed by atoms with van der Waals surface area (Å²) in [7, 11) is 3.18. The minimum absolute atomic E-state index is 0.109. The maximum absolute atomic E-state index is 13.4. The molecule has 0 bridgehead atoms. The van der Waals surface area contributed by atoms with Gasteiger partial charge in [0.25, 0.3) is 5.91 Å². The van der Waals surface area contributed by atoms with Gasteiger partial charge in [-0.15, -0.1) is 0 Å². The Morgan fingerprint density at radius 2 is 1.85 bits per heavy atom. The minimum atomic E-state index is -0.301. The largest absolute Gasteiger partial charge is 0.497 e. The summed E-state index contributed by atoms with van der Waals surface area (Å²) in [4.78, 5) is 27.5. The molecule has 2 aromatic carbocycles. The van der Waals surface area contributed by atoms with Crippen molar-refractivity contribution in [2.24, 2.45) is 5.10 Å². The molecular formula is C25H31ClN4O4. The SMILES string of the molecule is CCCNC(=O)N(CCOC)CC(=O)N1N=C(c2ccc(OC)cc2)C[C@H]1c1ccc(Cl)cc1. The molecule has 8 nitrogen and oxygen atoms in total. The summed E-state index contributed by atoms with van der Waals surface area (Å²) in [5.41, 5.74) is 2.62. The molecule has 0 saturated carbocycles. The molecule has 1 aliphatic heterocycles. The number of hydrogen-bond acceptors (Lipinski definition) is 5. The molecule has 0 spiro atoms. The van der Waals surface area contributed by atoms with Crippen LogP contribution in [0.1, 0.15) is 36.9 Å². The van der Waals surface area contributed by atoms with Gasteiger partial charge in [0, 0.05) is 31.6 Å². The average Bonchev–Trinajstić information content (AvgIpc) is 3.31. The van der Waals surface area contributed by atoms with E-state index in [4.69, 9.17) is 21.1 Å². The Balaban J connectivity index is 1.86. The first-order chi connectivity index (χ1) is 16.5. The van der Waals surface area contributed by atoms with Gasteiger partial charge in [0.15, 0.2) is 0 Å². The highest BCUT2D eigenvalue weighted by molar-refractivity contribution is 6.30. The van der Waals surface area contributed by atoms with Gasteiger partial charge in [-0.2, -0.15) is 5.10 Å². The standard InChI is InChI=1S/C25H31ClN4O4/c1-4-13-27-25(32)29(14-15-33-2)17-24(31)30-23(19-5-9-20(26)10-6-19)16-22(28-30)18-7-11-21(34-3)12-8-18/h5-12,23H,4,13-17H2,1-3H3,(H,27,32)/t23-/m0/s1. The Kier molecular flexibility index (Phi) is 9.30. The van der Waals surface area contributed by atoms with Gasteiger partial charge >= 0.3 is 6.03 Å². The van der Waals surface area contributed by atoms with Crippen molar-refractivity contribution in [1.29, 1.82) is 0 Å². The summed E-state index contributed by atoms with van der Waals surface area (Å²) in [5, 5.41) is 9.62. The number of methoxy groups -OCH3 is 2. The van der Waals surface area contributed by atoms with Gasteiger partial charge in [-0.25, -0.2) is 9.80 Å². The second-order valence-corrected chi connectivity index (χ2v) is 8.37. The number of rotatable bonds is 10. The number of hydrazone groups is 1. The number of amides is 3. The average molecular weight is 487 g/mol. The van der Waals surface area contributed by atoms with Crippen LogP contribution in [-0.4, -0.2) is 68.0 Å². The summed E-state index contributed by atoms with van der Waals surface area (Å²) in [5.74, 6) is 0.475. The van der Waals surface area contributed by atoms with E-state index in [2.05, 4.69) is 10.4 Å². The number of urea groups is 1.